The standard InChI is InChI=1S/C7H11NOS/c1-9-7(8)5-6-3-2-4-10-6/h2-4,7H,5,8H2,1H3. The van der Waals surface area contributed by atoms with Gasteiger partial charge in [0.2, 0.25) is 0 Å². The van der Waals surface area contributed by atoms with Gasteiger partial charge >= 0.3 is 0 Å². The highest BCUT2D eigenvalue weighted by atomic mass is 32.1. The minimum Gasteiger partial charge on any atom is -0.366 e. The van der Waals surface area contributed by atoms with Crippen molar-refractivity contribution in [3.63, 3.8) is 0 Å². The predicted molar refractivity (Wildman–Crippen MR) is 43.0 cm³/mol. The molecule has 1 atom stereocenters. The first-order chi connectivity index (χ1) is 4.83. The summed E-state index contributed by atoms with van der Waals surface area (Å²) in [6.07, 6.45) is 0.660. The van der Waals surface area contributed by atoms with E-state index in [-0.39, 0.29) is 6.23 Å². The van der Waals surface area contributed by atoms with Gasteiger partial charge in [0.15, 0.2) is 0 Å². The molecule has 2 nitrogen and oxygen atoms in total. The molecule has 0 fully saturated rings. The lowest BCUT2D eigenvalue weighted by molar-refractivity contribution is 0.109. The minimum atomic E-state index is -0.154. The van der Waals surface area contributed by atoms with Gasteiger partial charge in [0.1, 0.15) is 6.23 Å². The molecule has 2 N–H and O–H groups in total. The third-order valence-electron chi connectivity index (χ3n) is 1.29. The molecule has 0 aliphatic rings. The molecule has 1 aromatic rings. The van der Waals surface area contributed by atoms with Crippen LogP contribution >= 0.6 is 11.3 Å². The molecule has 10 heavy (non-hydrogen) atoms. The van der Waals surface area contributed by atoms with Crippen LogP contribution in [0, 0.1) is 0 Å². The highest BCUT2D eigenvalue weighted by Crippen LogP contribution is 2.10. The quantitative estimate of drug-likeness (QED) is 0.670. The number of hydrogen-bond donors (Lipinski definition) is 1. The molecule has 3 heteroatoms. The third kappa shape index (κ3) is 2.10. The van der Waals surface area contributed by atoms with Gasteiger partial charge in [0.05, 0.1) is 0 Å². The zero-order valence-corrected chi connectivity index (χ0v) is 6.73. The molecule has 1 heterocycles. The van der Waals surface area contributed by atoms with Gasteiger partial charge in [0, 0.05) is 18.4 Å². The molecular formula is C7H11NOS. The average molecular weight is 157 g/mol. The number of hydrogen-bond acceptors (Lipinski definition) is 3. The summed E-state index contributed by atoms with van der Waals surface area (Å²) in [5.41, 5.74) is 5.55. The molecule has 0 aliphatic heterocycles. The second-order valence-corrected chi connectivity index (χ2v) is 3.09. The van der Waals surface area contributed by atoms with Crippen LogP contribution in [0.2, 0.25) is 0 Å². The summed E-state index contributed by atoms with van der Waals surface area (Å²) < 4.78 is 4.91. The first kappa shape index (κ1) is 7.72. The Kier molecular flexibility index (Phi) is 2.86. The first-order valence-corrected chi connectivity index (χ1v) is 4.01. The van der Waals surface area contributed by atoms with E-state index in [9.17, 15) is 0 Å². The lowest BCUT2D eigenvalue weighted by atomic mass is 10.3. The number of nitrogens with two attached hydrogens (primary N) is 1. The minimum absolute atomic E-state index is 0.154. The third-order valence-corrected chi connectivity index (χ3v) is 2.18. The molecule has 0 saturated carbocycles. The van der Waals surface area contributed by atoms with Gasteiger partial charge in [-0.25, -0.2) is 0 Å². The summed E-state index contributed by atoms with van der Waals surface area (Å²) in [5, 5.41) is 2.04. The van der Waals surface area contributed by atoms with Crippen LogP contribution in [-0.2, 0) is 11.2 Å². The normalized spacial score (nSPS) is 13.4. The second-order valence-electron chi connectivity index (χ2n) is 2.06. The van der Waals surface area contributed by atoms with Crippen molar-refractivity contribution in [3.8, 4) is 0 Å². The van der Waals surface area contributed by atoms with E-state index in [0.29, 0.717) is 0 Å². The average Bonchev–Trinajstić information content (AvgIpc) is 2.40. The Hall–Kier alpha value is -0.380. The number of rotatable bonds is 3. The molecule has 0 saturated heterocycles. The van der Waals surface area contributed by atoms with Crippen LogP contribution in [0.25, 0.3) is 0 Å². The van der Waals surface area contributed by atoms with E-state index in [0.717, 1.165) is 6.42 Å². The summed E-state index contributed by atoms with van der Waals surface area (Å²) in [5.74, 6) is 0. The van der Waals surface area contributed by atoms with Gasteiger partial charge in [-0.15, -0.1) is 11.3 Å². The van der Waals surface area contributed by atoms with E-state index in [1.807, 2.05) is 11.4 Å². The fraction of sp³-hybridized carbons (Fsp3) is 0.429. The van der Waals surface area contributed by atoms with E-state index >= 15 is 0 Å². The van der Waals surface area contributed by atoms with Crippen LogP contribution in [0.15, 0.2) is 17.5 Å². The van der Waals surface area contributed by atoms with Gasteiger partial charge in [-0.2, -0.15) is 0 Å². The predicted octanol–water partition coefficient (Wildman–Crippen LogP) is 1.22. The zero-order chi connectivity index (χ0) is 7.40. The fourth-order valence-electron chi connectivity index (χ4n) is 0.710. The van der Waals surface area contributed by atoms with Crippen molar-refractivity contribution in [1.82, 2.24) is 0 Å². The SMILES string of the molecule is COC(N)Cc1cccs1. The van der Waals surface area contributed by atoms with Gasteiger partial charge in [-0.3, -0.25) is 0 Å². The van der Waals surface area contributed by atoms with Crippen molar-refractivity contribution in [1.29, 1.82) is 0 Å². The van der Waals surface area contributed by atoms with Gasteiger partial charge in [-0.05, 0) is 11.4 Å². The molecule has 0 amide bonds. The number of ether oxygens (including phenoxy) is 1. The smallest absolute Gasteiger partial charge is 0.110 e. The van der Waals surface area contributed by atoms with Crippen LogP contribution < -0.4 is 5.73 Å². The van der Waals surface area contributed by atoms with Crippen molar-refractivity contribution in [2.45, 2.75) is 12.6 Å². The van der Waals surface area contributed by atoms with Crippen molar-refractivity contribution < 1.29 is 4.74 Å². The zero-order valence-electron chi connectivity index (χ0n) is 5.91. The van der Waals surface area contributed by atoms with E-state index in [1.165, 1.54) is 4.88 Å². The Labute approximate surface area is 64.6 Å². The van der Waals surface area contributed by atoms with Crippen molar-refractivity contribution in [3.05, 3.63) is 22.4 Å². The molecule has 0 bridgehead atoms. The summed E-state index contributed by atoms with van der Waals surface area (Å²) in [6, 6.07) is 4.08. The van der Waals surface area contributed by atoms with Crippen molar-refractivity contribution in [2.75, 3.05) is 7.11 Å². The van der Waals surface area contributed by atoms with Crippen molar-refractivity contribution >= 4 is 11.3 Å². The molecule has 0 radical (unpaired) electrons. The Morgan fingerprint density at radius 3 is 3.10 bits per heavy atom. The summed E-state index contributed by atoms with van der Waals surface area (Å²) in [4.78, 5) is 1.27. The van der Waals surface area contributed by atoms with Crippen LogP contribution in [0.4, 0.5) is 0 Å². The van der Waals surface area contributed by atoms with Crippen molar-refractivity contribution in [2.24, 2.45) is 5.73 Å². The summed E-state index contributed by atoms with van der Waals surface area (Å²) in [6.45, 7) is 0. The van der Waals surface area contributed by atoms with E-state index < -0.39 is 0 Å². The largest absolute Gasteiger partial charge is 0.366 e. The molecule has 0 aliphatic carbocycles. The molecule has 0 spiro atoms. The van der Waals surface area contributed by atoms with E-state index in [1.54, 1.807) is 18.4 Å². The Morgan fingerprint density at radius 1 is 1.80 bits per heavy atom. The Balaban J connectivity index is 2.40. The van der Waals surface area contributed by atoms with Gasteiger partial charge in [-0.1, -0.05) is 6.07 Å². The highest BCUT2D eigenvalue weighted by molar-refractivity contribution is 7.09. The van der Waals surface area contributed by atoms with Crippen LogP contribution in [0.5, 0.6) is 0 Å². The maximum absolute atomic E-state index is 5.55. The maximum Gasteiger partial charge on any atom is 0.110 e. The van der Waals surface area contributed by atoms with Gasteiger partial charge < -0.3 is 10.5 Å². The molecular weight excluding hydrogens is 146 g/mol. The fourth-order valence-corrected chi connectivity index (χ4v) is 1.46. The maximum atomic E-state index is 5.55. The molecule has 1 unspecified atom stereocenters. The molecule has 1 aromatic heterocycles. The van der Waals surface area contributed by atoms with E-state index in [2.05, 4.69) is 6.07 Å². The van der Waals surface area contributed by atoms with Gasteiger partial charge in [0.25, 0.3) is 0 Å². The molecule has 1 rings (SSSR count). The number of methoxy groups -OCH3 is 1. The second kappa shape index (κ2) is 3.71. The molecule has 56 valence electrons. The van der Waals surface area contributed by atoms with E-state index in [4.69, 9.17) is 10.5 Å². The molecule has 0 aromatic carbocycles. The monoisotopic (exact) mass is 157 g/mol. The Morgan fingerprint density at radius 2 is 2.60 bits per heavy atom. The Bertz CT molecular complexity index is 174. The lowest BCUT2D eigenvalue weighted by Crippen LogP contribution is -2.23. The first-order valence-electron chi connectivity index (χ1n) is 3.13. The van der Waals surface area contributed by atoms with Crippen LogP contribution in [0.3, 0.4) is 0 Å². The lowest BCUT2D eigenvalue weighted by Gasteiger charge is -2.05. The van der Waals surface area contributed by atoms with Crippen LogP contribution in [0.1, 0.15) is 4.88 Å². The highest BCUT2D eigenvalue weighted by Gasteiger charge is 2.00. The van der Waals surface area contributed by atoms with Crippen LogP contribution in [-0.4, -0.2) is 13.3 Å². The topological polar surface area (TPSA) is 35.2 Å². The summed E-state index contributed by atoms with van der Waals surface area (Å²) in [7, 11) is 1.62. The summed E-state index contributed by atoms with van der Waals surface area (Å²) >= 11 is 1.71. The number of thiophene rings is 1.